The van der Waals surface area contributed by atoms with Crippen molar-refractivity contribution in [2.75, 3.05) is 24.8 Å². The molecule has 3 aromatic rings. The summed E-state index contributed by atoms with van der Waals surface area (Å²) in [6, 6.07) is 8.77. The van der Waals surface area contributed by atoms with Crippen LogP contribution in [0.3, 0.4) is 0 Å². The number of nitrogens with zero attached hydrogens (tertiary/aromatic N) is 4. The van der Waals surface area contributed by atoms with Crippen molar-refractivity contribution in [1.82, 2.24) is 14.5 Å². The maximum Gasteiger partial charge on any atom is 0.277 e. The van der Waals surface area contributed by atoms with Crippen molar-refractivity contribution in [3.63, 3.8) is 0 Å². The number of aliphatic hydroxyl groups is 2. The molecule has 0 saturated heterocycles. The Bertz CT molecular complexity index is 1100. The highest BCUT2D eigenvalue weighted by Crippen LogP contribution is 2.29. The Morgan fingerprint density at radius 1 is 1.28 bits per heavy atom. The lowest BCUT2D eigenvalue weighted by Gasteiger charge is -2.19. The Labute approximate surface area is 171 Å². The van der Waals surface area contributed by atoms with Crippen LogP contribution in [0.4, 0.5) is 5.95 Å². The van der Waals surface area contributed by atoms with E-state index in [-0.39, 0.29) is 37.6 Å². The van der Waals surface area contributed by atoms with Gasteiger partial charge < -0.3 is 25.4 Å². The van der Waals surface area contributed by atoms with Crippen LogP contribution in [0.2, 0.25) is 5.02 Å². The van der Waals surface area contributed by atoms with Gasteiger partial charge in [0.25, 0.3) is 5.56 Å². The van der Waals surface area contributed by atoms with E-state index in [9.17, 15) is 14.7 Å². The van der Waals surface area contributed by atoms with E-state index in [2.05, 4.69) is 9.97 Å². The Kier molecular flexibility index (Phi) is 6.42. The molecular formula is C19H20ClN5O4. The van der Waals surface area contributed by atoms with Crippen molar-refractivity contribution in [2.45, 2.75) is 13.0 Å². The number of pyridine rings is 1. The van der Waals surface area contributed by atoms with Gasteiger partial charge in [-0.25, -0.2) is 9.97 Å². The minimum absolute atomic E-state index is 0.0336. The van der Waals surface area contributed by atoms with Crippen LogP contribution < -0.4 is 16.2 Å². The molecule has 10 heteroatoms. The van der Waals surface area contributed by atoms with E-state index >= 15 is 0 Å². The Hall–Kier alpha value is -3.01. The van der Waals surface area contributed by atoms with E-state index in [0.29, 0.717) is 21.7 Å². The number of anilines is 1. The lowest BCUT2D eigenvalue weighted by molar-refractivity contribution is -0.118. The number of hydrogen-bond donors (Lipinski definition) is 3. The number of halogens is 1. The number of primary amides is 1. The molecule has 0 fully saturated rings. The first kappa shape index (κ1) is 20.7. The van der Waals surface area contributed by atoms with Crippen molar-refractivity contribution in [3.05, 3.63) is 51.9 Å². The normalized spacial score (nSPS) is 11.0. The summed E-state index contributed by atoms with van der Waals surface area (Å²) >= 11 is 6.32. The molecule has 0 bridgehead atoms. The summed E-state index contributed by atoms with van der Waals surface area (Å²) in [6.45, 7) is -0.462. The second-order valence-corrected chi connectivity index (χ2v) is 6.69. The van der Waals surface area contributed by atoms with Gasteiger partial charge in [0.1, 0.15) is 12.2 Å². The van der Waals surface area contributed by atoms with Crippen LogP contribution >= 0.6 is 11.6 Å². The predicted octanol–water partition coefficient (Wildman–Crippen LogP) is 0.736. The number of aliphatic hydroxyl groups excluding tert-OH is 2. The van der Waals surface area contributed by atoms with Gasteiger partial charge in [-0.15, -0.1) is 0 Å². The maximum absolute atomic E-state index is 13.2. The molecule has 4 N–H and O–H groups in total. The van der Waals surface area contributed by atoms with Crippen LogP contribution in [0.25, 0.3) is 22.2 Å². The molecule has 152 valence electrons. The molecule has 9 nitrogen and oxygen atoms in total. The number of nitrogens with two attached hydrogens (primary N) is 1. The first-order valence-electron chi connectivity index (χ1n) is 8.86. The minimum atomic E-state index is -0.542. The molecule has 0 spiro atoms. The van der Waals surface area contributed by atoms with Crippen molar-refractivity contribution in [3.8, 4) is 11.3 Å². The van der Waals surface area contributed by atoms with Crippen molar-refractivity contribution in [1.29, 1.82) is 0 Å². The van der Waals surface area contributed by atoms with Crippen LogP contribution in [0, 0.1) is 0 Å². The second-order valence-electron chi connectivity index (χ2n) is 6.28. The molecule has 0 unspecified atom stereocenters. The zero-order valence-electron chi connectivity index (χ0n) is 15.5. The molecule has 3 rings (SSSR count). The molecule has 1 aromatic carbocycles. The molecule has 0 aliphatic heterocycles. The number of hydrogen-bond acceptors (Lipinski definition) is 7. The number of amides is 1. The number of fused-ring (bicyclic) bond motifs is 1. The second kappa shape index (κ2) is 8.99. The number of carbonyl (C=O) groups is 1. The third-order valence-electron chi connectivity index (χ3n) is 4.39. The molecule has 2 aromatic heterocycles. The van der Waals surface area contributed by atoms with Crippen LogP contribution in [0.1, 0.15) is 6.42 Å². The first-order valence-corrected chi connectivity index (χ1v) is 9.24. The summed E-state index contributed by atoms with van der Waals surface area (Å²) in [5.74, 6) is -0.432. The molecule has 0 aliphatic carbocycles. The molecule has 2 heterocycles. The van der Waals surface area contributed by atoms with E-state index < -0.39 is 18.2 Å². The van der Waals surface area contributed by atoms with Crippen molar-refractivity contribution < 1.29 is 15.0 Å². The molecule has 0 saturated carbocycles. The summed E-state index contributed by atoms with van der Waals surface area (Å²) in [4.78, 5) is 34.3. The summed E-state index contributed by atoms with van der Waals surface area (Å²) < 4.78 is 1.40. The fourth-order valence-corrected chi connectivity index (χ4v) is 3.20. The number of rotatable bonds is 8. The lowest BCUT2D eigenvalue weighted by Crippen LogP contribution is -2.30. The SMILES string of the molecule is NC(=O)CCn1c(-c2ccccc2Cl)cc2cnc(N(CO)CCO)nc2c1=O. The molecule has 29 heavy (non-hydrogen) atoms. The van der Waals surface area contributed by atoms with Crippen LogP contribution in [-0.4, -0.2) is 50.5 Å². The van der Waals surface area contributed by atoms with Gasteiger partial charge in [-0.05, 0) is 12.1 Å². The van der Waals surface area contributed by atoms with Crippen LogP contribution in [0.5, 0.6) is 0 Å². The van der Waals surface area contributed by atoms with Gasteiger partial charge in [-0.3, -0.25) is 9.59 Å². The Morgan fingerprint density at radius 2 is 2.03 bits per heavy atom. The van der Waals surface area contributed by atoms with Gasteiger partial charge >= 0.3 is 0 Å². The van der Waals surface area contributed by atoms with Crippen molar-refractivity contribution >= 4 is 34.4 Å². The zero-order valence-corrected chi connectivity index (χ0v) is 16.2. The molecular weight excluding hydrogens is 398 g/mol. The monoisotopic (exact) mass is 417 g/mol. The highest BCUT2D eigenvalue weighted by atomic mass is 35.5. The summed E-state index contributed by atoms with van der Waals surface area (Å²) in [5, 5.41) is 19.5. The van der Waals surface area contributed by atoms with E-state index in [1.807, 2.05) is 0 Å². The van der Waals surface area contributed by atoms with Gasteiger partial charge in [0.05, 0.1) is 12.3 Å². The van der Waals surface area contributed by atoms with Gasteiger partial charge in [0, 0.05) is 41.7 Å². The average Bonchev–Trinajstić information content (AvgIpc) is 2.71. The van der Waals surface area contributed by atoms with Gasteiger partial charge in [0.2, 0.25) is 11.9 Å². The van der Waals surface area contributed by atoms with E-state index in [1.54, 1.807) is 30.3 Å². The fraction of sp³-hybridized carbons (Fsp3) is 0.263. The maximum atomic E-state index is 13.2. The highest BCUT2D eigenvalue weighted by molar-refractivity contribution is 6.33. The molecule has 1 amide bonds. The highest BCUT2D eigenvalue weighted by Gasteiger charge is 2.17. The van der Waals surface area contributed by atoms with Gasteiger partial charge in [0.15, 0.2) is 0 Å². The first-order chi connectivity index (χ1) is 14.0. The van der Waals surface area contributed by atoms with Gasteiger partial charge in [-0.2, -0.15) is 0 Å². The Balaban J connectivity index is 2.23. The summed E-state index contributed by atoms with van der Waals surface area (Å²) in [6.07, 6.45) is 1.44. The van der Waals surface area contributed by atoms with E-state index in [0.717, 1.165) is 0 Å². The fourth-order valence-electron chi connectivity index (χ4n) is 2.96. The molecule has 0 atom stereocenters. The van der Waals surface area contributed by atoms with E-state index in [1.165, 1.54) is 15.7 Å². The standard InChI is InChI=1S/C19H20ClN5O4/c20-14-4-2-1-3-13(14)15-9-12-10-22-19(24(11-27)7-8-26)23-17(12)18(29)25(15)6-5-16(21)28/h1-4,9-10,26-27H,5-8,11H2,(H2,21,28). The summed E-state index contributed by atoms with van der Waals surface area (Å²) in [7, 11) is 0. The lowest BCUT2D eigenvalue weighted by atomic mass is 10.1. The van der Waals surface area contributed by atoms with Gasteiger partial charge in [-0.1, -0.05) is 29.8 Å². The number of aromatic nitrogens is 3. The number of carbonyl (C=O) groups excluding carboxylic acids is 1. The quantitative estimate of drug-likeness (QED) is 0.460. The largest absolute Gasteiger partial charge is 0.395 e. The topological polar surface area (TPSA) is 135 Å². The minimum Gasteiger partial charge on any atom is -0.395 e. The smallest absolute Gasteiger partial charge is 0.277 e. The third kappa shape index (κ3) is 4.37. The molecule has 0 aliphatic rings. The summed E-state index contributed by atoms with van der Waals surface area (Å²) in [5.41, 5.74) is 6.09. The Morgan fingerprint density at radius 3 is 2.69 bits per heavy atom. The van der Waals surface area contributed by atoms with Crippen molar-refractivity contribution in [2.24, 2.45) is 5.73 Å². The number of benzene rings is 1. The average molecular weight is 418 g/mol. The zero-order chi connectivity index (χ0) is 21.0. The van der Waals surface area contributed by atoms with Crippen LogP contribution in [0.15, 0.2) is 41.3 Å². The molecule has 0 radical (unpaired) electrons. The van der Waals surface area contributed by atoms with E-state index in [4.69, 9.17) is 22.4 Å². The van der Waals surface area contributed by atoms with Crippen LogP contribution in [-0.2, 0) is 11.3 Å². The predicted molar refractivity (Wildman–Crippen MR) is 110 cm³/mol. The third-order valence-corrected chi connectivity index (χ3v) is 4.72.